The Morgan fingerprint density at radius 2 is 1.30 bits per heavy atom. The lowest BCUT2D eigenvalue weighted by atomic mass is 10.1. The van der Waals surface area contributed by atoms with Gasteiger partial charge in [0.25, 0.3) is 11.8 Å². The quantitative estimate of drug-likeness (QED) is 0.0614. The number of hydrogen-bond donors (Lipinski definition) is 6. The van der Waals surface area contributed by atoms with Crippen LogP contribution in [0.2, 0.25) is 0 Å². The number of oxime groups is 2. The number of nitrogens with one attached hydrogen (secondary N) is 2. The van der Waals surface area contributed by atoms with Crippen molar-refractivity contribution in [3.63, 3.8) is 0 Å². The summed E-state index contributed by atoms with van der Waals surface area (Å²) in [4.78, 5) is 24.5. The third-order valence-corrected chi connectivity index (χ3v) is 8.92. The zero-order chi connectivity index (χ0) is 27.4. The molecule has 0 radical (unpaired) electrons. The topological polar surface area (TPSA) is 181 Å². The van der Waals surface area contributed by atoms with Crippen LogP contribution in [0.5, 0.6) is 11.5 Å². The molecule has 6 N–H and O–H groups in total. The van der Waals surface area contributed by atoms with Crippen LogP contribution in [0.15, 0.2) is 55.7 Å². The fraction of sp³-hybridized carbons (Fsp3) is 0.273. The van der Waals surface area contributed by atoms with E-state index in [1.807, 2.05) is 0 Å². The highest BCUT2D eigenvalue weighted by Crippen LogP contribution is 2.25. The summed E-state index contributed by atoms with van der Waals surface area (Å²) in [6.07, 6.45) is 0.0744. The number of benzene rings is 2. The maximum atomic E-state index is 12.2. The molecule has 1 atom stereocenters. The van der Waals surface area contributed by atoms with Crippen molar-refractivity contribution in [1.29, 1.82) is 0 Å². The molecule has 2 rings (SSSR count). The number of phenols is 2. The first-order chi connectivity index (χ1) is 17.6. The molecule has 0 saturated carbocycles. The highest BCUT2D eigenvalue weighted by Gasteiger charge is 2.16. The Morgan fingerprint density at radius 3 is 1.73 bits per heavy atom. The molecule has 0 fully saturated rings. The minimum Gasteiger partial charge on any atom is -0.507 e. The number of hydrogen-bond acceptors (Lipinski definition) is 10. The number of aromatic hydroxyl groups is 2. The van der Waals surface area contributed by atoms with Gasteiger partial charge in [-0.3, -0.25) is 9.59 Å². The molecule has 0 aromatic heterocycles. The molecular formula is C22H24Br2N4O7S2. The minimum absolute atomic E-state index is 0.0297. The molecule has 2 aromatic rings. The van der Waals surface area contributed by atoms with E-state index in [-0.39, 0.29) is 54.6 Å². The van der Waals surface area contributed by atoms with Crippen molar-refractivity contribution in [2.75, 3.05) is 24.6 Å². The van der Waals surface area contributed by atoms with Crippen LogP contribution in [0.1, 0.15) is 11.1 Å². The monoisotopic (exact) mass is 678 g/mol. The SMILES string of the molecule is O=C(NCCSS(=O)CCNC(=O)/C(Cc1ccc(O)c(Br)c1)=N/O)/C(Cc1ccc(O)c(Br)c1)=N/O. The van der Waals surface area contributed by atoms with E-state index in [1.165, 1.54) is 12.1 Å². The van der Waals surface area contributed by atoms with Gasteiger partial charge >= 0.3 is 0 Å². The summed E-state index contributed by atoms with van der Waals surface area (Å²) in [6.45, 7) is 0.246. The van der Waals surface area contributed by atoms with Crippen LogP contribution in [0.4, 0.5) is 0 Å². The van der Waals surface area contributed by atoms with Crippen molar-refractivity contribution in [2.24, 2.45) is 10.3 Å². The molecular weight excluding hydrogens is 656 g/mol. The summed E-state index contributed by atoms with van der Waals surface area (Å²) in [5, 5.41) is 48.6. The molecule has 37 heavy (non-hydrogen) atoms. The molecule has 1 unspecified atom stereocenters. The fourth-order valence-corrected chi connectivity index (χ4v) is 5.86. The van der Waals surface area contributed by atoms with Crippen molar-refractivity contribution < 1.29 is 34.4 Å². The maximum Gasteiger partial charge on any atom is 0.269 e. The molecule has 200 valence electrons. The number of rotatable bonds is 13. The Balaban J connectivity index is 1.68. The van der Waals surface area contributed by atoms with Gasteiger partial charge in [-0.1, -0.05) is 33.2 Å². The minimum atomic E-state index is -1.35. The summed E-state index contributed by atoms with van der Waals surface area (Å²) in [5.74, 6) is -0.662. The van der Waals surface area contributed by atoms with Gasteiger partial charge in [0.1, 0.15) is 22.9 Å². The Morgan fingerprint density at radius 1 is 0.838 bits per heavy atom. The Bertz CT molecular complexity index is 1210. The highest BCUT2D eigenvalue weighted by atomic mass is 79.9. The number of amides is 2. The third-order valence-electron chi connectivity index (χ3n) is 4.69. The van der Waals surface area contributed by atoms with E-state index in [2.05, 4.69) is 52.8 Å². The largest absolute Gasteiger partial charge is 0.507 e. The first-order valence-corrected chi connectivity index (χ1v) is 15.0. The van der Waals surface area contributed by atoms with Gasteiger partial charge in [-0.15, -0.1) is 0 Å². The average molecular weight is 680 g/mol. The normalized spacial score (nSPS) is 12.7. The number of nitrogens with zero attached hydrogens (tertiary/aromatic N) is 2. The average Bonchev–Trinajstić information content (AvgIpc) is 2.87. The Hall–Kier alpha value is -2.62. The molecule has 0 aliphatic heterocycles. The van der Waals surface area contributed by atoms with Crippen molar-refractivity contribution >= 4 is 75.7 Å². The zero-order valence-electron chi connectivity index (χ0n) is 19.2. The maximum absolute atomic E-state index is 12.2. The lowest BCUT2D eigenvalue weighted by Gasteiger charge is -2.09. The second-order valence-electron chi connectivity index (χ2n) is 7.36. The fourth-order valence-electron chi connectivity index (χ4n) is 2.84. The predicted octanol–water partition coefficient (Wildman–Crippen LogP) is 2.70. The standard InChI is InChI=1S/C22H24Br2N4O7S2/c23-15-9-13(1-3-19(15)29)11-17(27-33)21(31)25-5-7-36-37(35)8-6-26-22(32)18(28-34)12-14-2-4-20(30)16(24)10-14/h1-4,9-10,29-30,33-34H,5-8,11-12H2,(H,25,31)(H,26,32)/b27-17+,28-18+. The van der Waals surface area contributed by atoms with Crippen LogP contribution in [-0.4, -0.2) is 72.7 Å². The number of phenolic OH excluding ortho intramolecular Hbond substituents is 2. The Kier molecular flexibility index (Phi) is 12.9. The van der Waals surface area contributed by atoms with Crippen molar-refractivity contribution in [2.45, 2.75) is 12.8 Å². The highest BCUT2D eigenvalue weighted by molar-refractivity contribution is 9.10. The van der Waals surface area contributed by atoms with E-state index in [0.29, 0.717) is 25.8 Å². The van der Waals surface area contributed by atoms with Crippen LogP contribution < -0.4 is 10.6 Å². The molecule has 0 saturated heterocycles. The van der Waals surface area contributed by atoms with Crippen molar-refractivity contribution in [1.82, 2.24) is 10.6 Å². The second-order valence-corrected chi connectivity index (χ2v) is 12.6. The van der Waals surface area contributed by atoms with Gasteiger partial charge in [0.2, 0.25) is 0 Å². The van der Waals surface area contributed by atoms with Crippen LogP contribution in [0.25, 0.3) is 0 Å². The summed E-state index contributed by atoms with van der Waals surface area (Å²) in [6, 6.07) is 9.28. The molecule has 0 heterocycles. The molecule has 0 bridgehead atoms. The van der Waals surface area contributed by atoms with Gasteiger partial charge in [-0.2, -0.15) is 0 Å². The lowest BCUT2D eigenvalue weighted by Crippen LogP contribution is -2.35. The van der Waals surface area contributed by atoms with Gasteiger partial charge in [0.05, 0.1) is 24.5 Å². The van der Waals surface area contributed by atoms with Gasteiger partial charge in [-0.25, -0.2) is 4.21 Å². The summed E-state index contributed by atoms with van der Waals surface area (Å²) in [5.41, 5.74) is 1.03. The van der Waals surface area contributed by atoms with E-state index >= 15 is 0 Å². The molecule has 15 heteroatoms. The van der Waals surface area contributed by atoms with Gasteiger partial charge < -0.3 is 31.3 Å². The van der Waals surface area contributed by atoms with E-state index in [1.54, 1.807) is 24.3 Å². The predicted molar refractivity (Wildman–Crippen MR) is 149 cm³/mol. The molecule has 0 aliphatic carbocycles. The Labute approximate surface area is 235 Å². The van der Waals surface area contributed by atoms with E-state index in [9.17, 15) is 34.4 Å². The smallest absolute Gasteiger partial charge is 0.269 e. The van der Waals surface area contributed by atoms with Crippen molar-refractivity contribution in [3.05, 3.63) is 56.5 Å². The van der Waals surface area contributed by atoms with Crippen LogP contribution in [-0.2, 0) is 32.3 Å². The van der Waals surface area contributed by atoms with Gasteiger partial charge in [-0.05, 0) is 67.3 Å². The molecule has 2 amide bonds. The lowest BCUT2D eigenvalue weighted by molar-refractivity contribution is -0.115. The zero-order valence-corrected chi connectivity index (χ0v) is 24.0. The summed E-state index contributed by atoms with van der Waals surface area (Å²) in [7, 11) is -0.275. The molecule has 11 nitrogen and oxygen atoms in total. The summed E-state index contributed by atoms with van der Waals surface area (Å²) >= 11 is 6.36. The first kappa shape index (κ1) is 30.6. The van der Waals surface area contributed by atoms with E-state index in [4.69, 9.17) is 0 Å². The third kappa shape index (κ3) is 10.3. The van der Waals surface area contributed by atoms with Crippen LogP contribution in [0.3, 0.4) is 0 Å². The number of carbonyl (C=O) groups is 2. The van der Waals surface area contributed by atoms with Crippen LogP contribution >= 0.6 is 42.7 Å². The second kappa shape index (κ2) is 15.6. The molecule has 0 spiro atoms. The number of halogens is 2. The number of carbonyl (C=O) groups excluding carboxylic acids is 2. The van der Waals surface area contributed by atoms with E-state index in [0.717, 1.165) is 10.8 Å². The first-order valence-electron chi connectivity index (χ1n) is 10.6. The summed E-state index contributed by atoms with van der Waals surface area (Å²) < 4.78 is 13.1. The molecule has 0 aliphatic rings. The van der Waals surface area contributed by atoms with Gasteiger partial charge in [0.15, 0.2) is 0 Å². The van der Waals surface area contributed by atoms with Gasteiger partial charge in [0, 0.05) is 31.7 Å². The van der Waals surface area contributed by atoms with E-state index < -0.39 is 21.6 Å². The van der Waals surface area contributed by atoms with Crippen LogP contribution in [0, 0.1) is 0 Å². The molecule has 2 aromatic carbocycles. The van der Waals surface area contributed by atoms with Crippen molar-refractivity contribution in [3.8, 4) is 11.5 Å².